The normalized spacial score (nSPS) is 44.0. The molecule has 0 aromatic carbocycles. The van der Waals surface area contributed by atoms with Gasteiger partial charge in [0, 0.05) is 63.5 Å². The molecule has 23 unspecified atom stereocenters. The third-order valence-corrected chi connectivity index (χ3v) is 12.0. The van der Waals surface area contributed by atoms with Crippen molar-refractivity contribution in [2.24, 2.45) is 45.9 Å². The lowest BCUT2D eigenvalue weighted by Crippen LogP contribution is -2.68. The Morgan fingerprint density at radius 3 is 1.38 bits per heavy atom. The van der Waals surface area contributed by atoms with Gasteiger partial charge in [-0.1, -0.05) is 0 Å². The summed E-state index contributed by atoms with van der Waals surface area (Å²) in [5.41, 5.74) is 48.7. The molecule has 2 aliphatic heterocycles. The lowest BCUT2D eigenvalue weighted by molar-refractivity contribution is -0.292. The Kier molecular flexibility index (Phi) is 20.7. The van der Waals surface area contributed by atoms with Gasteiger partial charge in [-0.05, 0) is 33.9 Å². The van der Waals surface area contributed by atoms with E-state index in [9.17, 15) is 40.9 Å². The number of ether oxygens (including phenoxy) is 7. The highest BCUT2D eigenvalue weighted by Crippen LogP contribution is 2.30. The van der Waals surface area contributed by atoms with E-state index in [-0.39, 0.29) is 58.8 Å². The van der Waals surface area contributed by atoms with Gasteiger partial charge in [0.2, 0.25) is 0 Å². The predicted molar refractivity (Wildman–Crippen MR) is 215 cm³/mol. The van der Waals surface area contributed by atoms with Crippen LogP contribution in [0.1, 0.15) is 19.8 Å². The third kappa shape index (κ3) is 13.3. The molecule has 0 aromatic heterocycles. The van der Waals surface area contributed by atoms with Crippen LogP contribution in [0.3, 0.4) is 0 Å². The van der Waals surface area contributed by atoms with E-state index < -0.39 is 141 Å². The number of nitrogens with zero attached hydrogens (tertiary/aromatic N) is 2. The lowest BCUT2D eigenvalue weighted by Gasteiger charge is -2.47. The molecule has 0 bridgehead atoms. The van der Waals surface area contributed by atoms with E-state index >= 15 is 0 Å². The molecule has 25 nitrogen and oxygen atoms in total. The van der Waals surface area contributed by atoms with Crippen molar-refractivity contribution in [2.45, 2.75) is 160 Å². The van der Waals surface area contributed by atoms with Gasteiger partial charge in [0.1, 0.15) is 67.3 Å². The van der Waals surface area contributed by atoms with E-state index in [1.54, 1.807) is 23.9 Å². The van der Waals surface area contributed by atoms with Crippen LogP contribution in [0.15, 0.2) is 0 Å². The second-order valence-electron chi connectivity index (χ2n) is 17.0. The summed E-state index contributed by atoms with van der Waals surface area (Å²) in [5, 5.41) is 85.6. The number of likely N-dealkylation sites (N-methyl/N-ethyl adjacent to an activating group) is 2. The molecular weight excluding hydrogens is 812 g/mol. The average molecular weight is 889 g/mol. The molecule has 2 saturated heterocycles. The minimum Gasteiger partial charge on any atom is -0.389 e. The van der Waals surface area contributed by atoms with Crippen molar-refractivity contribution >= 4 is 0 Å². The van der Waals surface area contributed by atoms with Gasteiger partial charge in [0.05, 0.1) is 49.7 Å². The molecule has 23 atom stereocenters. The highest BCUT2D eigenvalue weighted by Gasteiger charge is 2.51. The molecule has 2 aliphatic carbocycles. The number of nitrogens with two attached hydrogens (primary N) is 8. The van der Waals surface area contributed by atoms with E-state index in [1.807, 2.05) is 6.92 Å². The zero-order chi connectivity index (χ0) is 45.5. The second kappa shape index (κ2) is 24.0. The Balaban J connectivity index is 1.30. The molecule has 4 aliphatic rings. The number of hydrogen-bond donors (Lipinski definition) is 16. The molecular formula is C36H76N10O15. The first-order chi connectivity index (χ1) is 28.7. The summed E-state index contributed by atoms with van der Waals surface area (Å²) in [5.74, 6) is 0. The van der Waals surface area contributed by atoms with Crippen LogP contribution in [-0.2, 0) is 33.2 Å². The molecule has 0 amide bonds. The predicted octanol–water partition coefficient (Wildman–Crippen LogP) is -10.2. The van der Waals surface area contributed by atoms with Gasteiger partial charge in [-0.15, -0.1) is 0 Å². The van der Waals surface area contributed by atoms with E-state index in [1.165, 1.54) is 0 Å². The summed E-state index contributed by atoms with van der Waals surface area (Å²) in [4.78, 5) is 3.54. The van der Waals surface area contributed by atoms with Gasteiger partial charge >= 0.3 is 0 Å². The van der Waals surface area contributed by atoms with Crippen LogP contribution in [0.4, 0.5) is 0 Å². The Morgan fingerprint density at radius 2 is 0.984 bits per heavy atom. The topological polar surface area (TPSA) is 441 Å². The maximum absolute atomic E-state index is 11.1. The van der Waals surface area contributed by atoms with Crippen molar-refractivity contribution in [3.05, 3.63) is 0 Å². The van der Waals surface area contributed by atoms with Gasteiger partial charge in [-0.2, -0.15) is 0 Å². The first kappa shape index (κ1) is 52.6. The molecule has 0 spiro atoms. The summed E-state index contributed by atoms with van der Waals surface area (Å²) in [6.07, 6.45) is -19.1. The molecule has 25 heteroatoms. The van der Waals surface area contributed by atoms with Gasteiger partial charge in [-0.3, -0.25) is 9.80 Å². The standard InChI is InChI=1S/C36H76N10O15/c1-4-55-22(46(3)10-15(48)13-57-34-26(50)17(40)6-19(42)32(34)61-36-24(44)30(54)28(52)21(8-38)59-36)11-45(2)9-14(47)12-56-33-25(49)16(39)5-18(41)31(33)60-35-23(43)29(53)27(51)20(7-37)58-35/h14-36,47-54H,4-13,37-44H2,1-3H3. The van der Waals surface area contributed by atoms with Crippen molar-refractivity contribution in [2.75, 3.05) is 66.6 Å². The van der Waals surface area contributed by atoms with E-state index in [0.29, 0.717) is 6.61 Å². The Bertz CT molecular complexity index is 1280. The second-order valence-corrected chi connectivity index (χ2v) is 17.0. The maximum atomic E-state index is 11.1. The first-order valence-electron chi connectivity index (χ1n) is 21.0. The smallest absolute Gasteiger partial charge is 0.176 e. The van der Waals surface area contributed by atoms with E-state index in [2.05, 4.69) is 0 Å². The number of aliphatic hydroxyl groups excluding tert-OH is 8. The summed E-state index contributed by atoms with van der Waals surface area (Å²) >= 11 is 0. The number of aliphatic hydroxyl groups is 8. The molecule has 2 saturated carbocycles. The van der Waals surface area contributed by atoms with Crippen molar-refractivity contribution < 1.29 is 74.0 Å². The lowest BCUT2D eigenvalue weighted by atomic mass is 9.84. The molecule has 61 heavy (non-hydrogen) atoms. The minimum absolute atomic E-state index is 0.0489. The van der Waals surface area contributed by atoms with E-state index in [0.717, 1.165) is 0 Å². The average Bonchev–Trinajstić information content (AvgIpc) is 3.21. The van der Waals surface area contributed by atoms with Gasteiger partial charge in [-0.25, -0.2) is 0 Å². The van der Waals surface area contributed by atoms with Crippen molar-refractivity contribution in [1.29, 1.82) is 0 Å². The quantitative estimate of drug-likeness (QED) is 0.0476. The molecule has 24 N–H and O–H groups in total. The zero-order valence-corrected chi connectivity index (χ0v) is 35.3. The van der Waals surface area contributed by atoms with Crippen LogP contribution < -0.4 is 45.9 Å². The van der Waals surface area contributed by atoms with Crippen LogP contribution in [0.2, 0.25) is 0 Å². The van der Waals surface area contributed by atoms with Crippen LogP contribution in [0.5, 0.6) is 0 Å². The van der Waals surface area contributed by atoms with Crippen LogP contribution in [0, 0.1) is 0 Å². The van der Waals surface area contributed by atoms with Gasteiger partial charge in [0.15, 0.2) is 12.6 Å². The Labute approximate surface area is 356 Å². The summed E-state index contributed by atoms with van der Waals surface area (Å²) in [7, 11) is 3.48. The van der Waals surface area contributed by atoms with Gasteiger partial charge in [0.25, 0.3) is 0 Å². The third-order valence-electron chi connectivity index (χ3n) is 12.0. The fourth-order valence-electron chi connectivity index (χ4n) is 8.34. The molecule has 2 heterocycles. The van der Waals surface area contributed by atoms with Crippen LogP contribution >= 0.6 is 0 Å². The molecule has 4 rings (SSSR count). The van der Waals surface area contributed by atoms with Gasteiger partial charge < -0.3 is 120 Å². The van der Waals surface area contributed by atoms with Crippen LogP contribution in [0.25, 0.3) is 0 Å². The molecule has 4 fully saturated rings. The SMILES string of the molecule is CCOC(CN(C)CC(O)COC1C(O)C(N)CC(N)C1OC1OC(CN)C(O)C(O)C1N)N(C)CC(O)COC1C(O)C(N)CC(N)C1OC1OC(CN)C(O)C(O)C1N. The molecule has 360 valence electrons. The maximum Gasteiger partial charge on any atom is 0.176 e. The number of rotatable bonds is 21. The van der Waals surface area contributed by atoms with Crippen molar-refractivity contribution in [3.63, 3.8) is 0 Å². The molecule has 0 radical (unpaired) electrons. The Morgan fingerprint density at radius 1 is 0.574 bits per heavy atom. The monoisotopic (exact) mass is 889 g/mol. The highest BCUT2D eigenvalue weighted by atomic mass is 16.7. The fourth-order valence-corrected chi connectivity index (χ4v) is 8.34. The van der Waals surface area contributed by atoms with E-state index in [4.69, 9.17) is 79.0 Å². The summed E-state index contributed by atoms with van der Waals surface area (Å²) in [6.45, 7) is 1.75. The molecule has 0 aromatic rings. The fraction of sp³-hybridized carbons (Fsp3) is 1.00. The van der Waals surface area contributed by atoms with Crippen LogP contribution in [-0.4, -0.2) is 258 Å². The summed E-state index contributed by atoms with van der Waals surface area (Å²) < 4.78 is 41.6. The van der Waals surface area contributed by atoms with Crippen molar-refractivity contribution in [3.8, 4) is 0 Å². The zero-order valence-electron chi connectivity index (χ0n) is 35.3. The summed E-state index contributed by atoms with van der Waals surface area (Å²) in [6, 6.07) is -5.37. The minimum atomic E-state index is -1.41. The van der Waals surface area contributed by atoms with Crippen molar-refractivity contribution in [1.82, 2.24) is 9.80 Å². The first-order valence-corrected chi connectivity index (χ1v) is 21.0. The highest BCUT2D eigenvalue weighted by molar-refractivity contribution is 5.02. The number of hydrogen-bond acceptors (Lipinski definition) is 25. The largest absolute Gasteiger partial charge is 0.389 e. The Hall–Kier alpha value is -1.00.